The standard InChI is InChI=1S/C14H15ClN4O/c1-8-4-5-12(9(2)18-8)19-14(20)10-6-11(15)13(16-3)17-7-10/h4-7H,1-3H3,(H,16,17)(H,19,20). The van der Waals surface area contributed by atoms with Crippen molar-refractivity contribution in [2.75, 3.05) is 17.7 Å². The highest BCUT2D eigenvalue weighted by Gasteiger charge is 2.11. The maximum absolute atomic E-state index is 12.1. The minimum atomic E-state index is -0.268. The van der Waals surface area contributed by atoms with Crippen molar-refractivity contribution >= 4 is 29.0 Å². The number of halogens is 1. The van der Waals surface area contributed by atoms with Crippen LogP contribution in [0.3, 0.4) is 0 Å². The fraction of sp³-hybridized carbons (Fsp3) is 0.214. The molecule has 0 spiro atoms. The van der Waals surface area contributed by atoms with E-state index < -0.39 is 0 Å². The molecule has 0 aliphatic rings. The van der Waals surface area contributed by atoms with Crippen molar-refractivity contribution in [3.05, 3.63) is 46.4 Å². The van der Waals surface area contributed by atoms with Gasteiger partial charge in [0.1, 0.15) is 5.82 Å². The minimum Gasteiger partial charge on any atom is -0.372 e. The molecule has 1 amide bonds. The van der Waals surface area contributed by atoms with Gasteiger partial charge in [0.25, 0.3) is 5.91 Å². The smallest absolute Gasteiger partial charge is 0.257 e. The van der Waals surface area contributed by atoms with E-state index in [0.29, 0.717) is 22.1 Å². The predicted octanol–water partition coefficient (Wildman–Crippen LogP) is 3.04. The van der Waals surface area contributed by atoms with Gasteiger partial charge in [-0.1, -0.05) is 11.6 Å². The molecule has 0 aliphatic heterocycles. The predicted molar refractivity (Wildman–Crippen MR) is 80.5 cm³/mol. The Kier molecular flexibility index (Phi) is 4.20. The van der Waals surface area contributed by atoms with Crippen molar-refractivity contribution in [3.63, 3.8) is 0 Å². The molecule has 0 saturated heterocycles. The van der Waals surface area contributed by atoms with Crippen LogP contribution in [0.15, 0.2) is 24.4 Å². The molecule has 2 aromatic rings. The zero-order valence-corrected chi connectivity index (χ0v) is 12.2. The highest BCUT2D eigenvalue weighted by Crippen LogP contribution is 2.20. The number of nitrogens with one attached hydrogen (secondary N) is 2. The largest absolute Gasteiger partial charge is 0.372 e. The second-order valence-electron chi connectivity index (χ2n) is 4.34. The molecular formula is C14H15ClN4O. The maximum Gasteiger partial charge on any atom is 0.257 e. The average Bonchev–Trinajstić information content (AvgIpc) is 2.41. The normalized spacial score (nSPS) is 10.2. The van der Waals surface area contributed by atoms with Crippen LogP contribution in [0.4, 0.5) is 11.5 Å². The van der Waals surface area contributed by atoms with Gasteiger partial charge in [-0.3, -0.25) is 9.78 Å². The third-order valence-corrected chi connectivity index (χ3v) is 3.10. The number of aryl methyl sites for hydroxylation is 2. The second kappa shape index (κ2) is 5.88. The van der Waals surface area contributed by atoms with Crippen molar-refractivity contribution in [3.8, 4) is 0 Å². The van der Waals surface area contributed by atoms with Crippen LogP contribution < -0.4 is 10.6 Å². The van der Waals surface area contributed by atoms with Crippen LogP contribution in [0, 0.1) is 13.8 Å². The van der Waals surface area contributed by atoms with Gasteiger partial charge >= 0.3 is 0 Å². The van der Waals surface area contributed by atoms with Crippen molar-refractivity contribution in [2.24, 2.45) is 0 Å². The number of nitrogens with zero attached hydrogens (tertiary/aromatic N) is 2. The molecule has 20 heavy (non-hydrogen) atoms. The lowest BCUT2D eigenvalue weighted by molar-refractivity contribution is 0.102. The van der Waals surface area contributed by atoms with Gasteiger partial charge in [-0.05, 0) is 32.0 Å². The molecule has 0 aromatic carbocycles. The molecule has 5 nitrogen and oxygen atoms in total. The molecule has 0 saturated carbocycles. The van der Waals surface area contributed by atoms with E-state index in [0.717, 1.165) is 11.4 Å². The van der Waals surface area contributed by atoms with Gasteiger partial charge in [0.05, 0.1) is 22.0 Å². The lowest BCUT2D eigenvalue weighted by Crippen LogP contribution is -2.14. The van der Waals surface area contributed by atoms with E-state index in [-0.39, 0.29) is 5.91 Å². The number of carbonyl (C=O) groups is 1. The summed E-state index contributed by atoms with van der Waals surface area (Å²) >= 11 is 6.01. The molecule has 0 unspecified atom stereocenters. The van der Waals surface area contributed by atoms with Gasteiger partial charge in [-0.25, -0.2) is 4.98 Å². The number of anilines is 2. The molecule has 2 aromatic heterocycles. The van der Waals surface area contributed by atoms with Gasteiger partial charge in [-0.15, -0.1) is 0 Å². The van der Waals surface area contributed by atoms with Gasteiger partial charge in [-0.2, -0.15) is 0 Å². The Bertz CT molecular complexity index is 658. The molecule has 0 fully saturated rings. The third kappa shape index (κ3) is 3.05. The van der Waals surface area contributed by atoms with Gasteiger partial charge in [0.15, 0.2) is 0 Å². The van der Waals surface area contributed by atoms with Crippen LogP contribution in [-0.4, -0.2) is 22.9 Å². The second-order valence-corrected chi connectivity index (χ2v) is 4.75. The van der Waals surface area contributed by atoms with E-state index >= 15 is 0 Å². The van der Waals surface area contributed by atoms with Crippen molar-refractivity contribution < 1.29 is 4.79 Å². The van der Waals surface area contributed by atoms with E-state index in [1.807, 2.05) is 26.0 Å². The quantitative estimate of drug-likeness (QED) is 0.912. The van der Waals surface area contributed by atoms with Gasteiger partial charge in [0, 0.05) is 18.9 Å². The average molecular weight is 291 g/mol. The van der Waals surface area contributed by atoms with Gasteiger partial charge < -0.3 is 10.6 Å². The molecule has 0 bridgehead atoms. The summed E-state index contributed by atoms with van der Waals surface area (Å²) in [7, 11) is 1.72. The summed E-state index contributed by atoms with van der Waals surface area (Å²) in [6, 6.07) is 5.25. The minimum absolute atomic E-state index is 0.268. The fourth-order valence-corrected chi connectivity index (χ4v) is 2.02. The van der Waals surface area contributed by atoms with E-state index in [2.05, 4.69) is 20.6 Å². The van der Waals surface area contributed by atoms with E-state index in [9.17, 15) is 4.79 Å². The van der Waals surface area contributed by atoms with Gasteiger partial charge in [0.2, 0.25) is 0 Å². The Morgan fingerprint density at radius 1 is 1.30 bits per heavy atom. The molecular weight excluding hydrogens is 276 g/mol. The van der Waals surface area contributed by atoms with Crippen LogP contribution in [0.5, 0.6) is 0 Å². The number of amides is 1. The first-order valence-electron chi connectivity index (χ1n) is 6.10. The molecule has 6 heteroatoms. The van der Waals surface area contributed by atoms with Crippen molar-refractivity contribution in [1.82, 2.24) is 9.97 Å². The third-order valence-electron chi connectivity index (χ3n) is 2.81. The van der Waals surface area contributed by atoms with E-state index in [1.165, 1.54) is 6.20 Å². The zero-order chi connectivity index (χ0) is 14.7. The molecule has 0 atom stereocenters. The molecule has 2 heterocycles. The maximum atomic E-state index is 12.1. The van der Waals surface area contributed by atoms with Crippen LogP contribution in [-0.2, 0) is 0 Å². The first kappa shape index (κ1) is 14.3. The Morgan fingerprint density at radius 3 is 2.65 bits per heavy atom. The lowest BCUT2D eigenvalue weighted by Gasteiger charge is -2.09. The van der Waals surface area contributed by atoms with Crippen LogP contribution in [0.2, 0.25) is 5.02 Å². The number of carbonyl (C=O) groups excluding carboxylic acids is 1. The highest BCUT2D eigenvalue weighted by molar-refractivity contribution is 6.33. The summed E-state index contributed by atoms with van der Waals surface area (Å²) in [5, 5.41) is 6.04. The first-order valence-corrected chi connectivity index (χ1v) is 6.48. The van der Waals surface area contributed by atoms with Crippen molar-refractivity contribution in [1.29, 1.82) is 0 Å². The van der Waals surface area contributed by atoms with Crippen molar-refractivity contribution in [2.45, 2.75) is 13.8 Å². The Balaban J connectivity index is 2.21. The number of rotatable bonds is 3. The Hall–Kier alpha value is -2.14. The zero-order valence-electron chi connectivity index (χ0n) is 11.5. The molecule has 2 N–H and O–H groups in total. The summed E-state index contributed by atoms with van der Waals surface area (Å²) < 4.78 is 0. The summed E-state index contributed by atoms with van der Waals surface area (Å²) in [5.41, 5.74) is 2.75. The highest BCUT2D eigenvalue weighted by atomic mass is 35.5. The summed E-state index contributed by atoms with van der Waals surface area (Å²) in [6.07, 6.45) is 1.48. The first-order chi connectivity index (χ1) is 9.51. The molecule has 104 valence electrons. The topological polar surface area (TPSA) is 66.9 Å². The Labute approximate surface area is 122 Å². The van der Waals surface area contributed by atoms with Crippen LogP contribution >= 0.6 is 11.6 Å². The fourth-order valence-electron chi connectivity index (χ4n) is 1.76. The van der Waals surface area contributed by atoms with Crippen LogP contribution in [0.1, 0.15) is 21.7 Å². The number of hydrogen-bond donors (Lipinski definition) is 2. The molecule has 0 aliphatic carbocycles. The number of aromatic nitrogens is 2. The summed E-state index contributed by atoms with van der Waals surface area (Å²) in [4.78, 5) is 20.5. The monoisotopic (exact) mass is 290 g/mol. The lowest BCUT2D eigenvalue weighted by atomic mass is 10.2. The number of hydrogen-bond acceptors (Lipinski definition) is 4. The number of pyridine rings is 2. The van der Waals surface area contributed by atoms with E-state index in [4.69, 9.17) is 11.6 Å². The Morgan fingerprint density at radius 2 is 2.05 bits per heavy atom. The van der Waals surface area contributed by atoms with Crippen LogP contribution in [0.25, 0.3) is 0 Å². The molecule has 0 radical (unpaired) electrons. The summed E-state index contributed by atoms with van der Waals surface area (Å²) in [6.45, 7) is 3.75. The molecule has 2 rings (SSSR count). The SMILES string of the molecule is CNc1ncc(C(=O)Nc2ccc(C)nc2C)cc1Cl. The summed E-state index contributed by atoms with van der Waals surface area (Å²) in [5.74, 6) is 0.271. The van der Waals surface area contributed by atoms with E-state index in [1.54, 1.807) is 13.1 Å².